The zero-order valence-corrected chi connectivity index (χ0v) is 20.9. The summed E-state index contributed by atoms with van der Waals surface area (Å²) in [4.78, 5) is 17.9. The van der Waals surface area contributed by atoms with Crippen LogP contribution in [0.4, 0.5) is 5.82 Å². The largest absolute Gasteiger partial charge is 0.481 e. The minimum absolute atomic E-state index is 0.244. The summed E-state index contributed by atoms with van der Waals surface area (Å²) in [6, 6.07) is 15.9. The number of anilines is 1. The molecule has 4 rings (SSSR count). The Morgan fingerprint density at radius 2 is 1.83 bits per heavy atom. The van der Waals surface area contributed by atoms with Crippen molar-refractivity contribution in [3.05, 3.63) is 76.5 Å². The number of hydrogen-bond acceptors (Lipinski definition) is 5. The molecule has 4 aromatic rings. The first-order valence-corrected chi connectivity index (χ1v) is 11.6. The molecule has 0 aliphatic heterocycles. The molecule has 35 heavy (non-hydrogen) atoms. The van der Waals surface area contributed by atoms with Crippen LogP contribution >= 0.6 is 0 Å². The van der Waals surface area contributed by atoms with E-state index >= 15 is 0 Å². The molecule has 2 aromatic heterocycles. The lowest BCUT2D eigenvalue weighted by molar-refractivity contribution is -0.122. The minimum atomic E-state index is -0.790. The lowest BCUT2D eigenvalue weighted by Gasteiger charge is -2.19. The maximum Gasteiger partial charge on any atom is 0.266 e. The van der Waals surface area contributed by atoms with Crippen molar-refractivity contribution in [1.29, 1.82) is 5.26 Å². The normalized spacial score (nSPS) is 11.9. The predicted octanol–water partition coefficient (Wildman–Crippen LogP) is 5.75. The molecule has 1 atom stereocenters. The SMILES string of the molecule is Cc1cc(C)c2nc(-n3ncc(C#N)c3NC(=O)C(C)Oc3ccccc3C(C)C)cc(C)c2c1. The van der Waals surface area contributed by atoms with Crippen molar-refractivity contribution in [3.8, 4) is 17.6 Å². The quantitative estimate of drug-likeness (QED) is 0.390. The highest BCUT2D eigenvalue weighted by Gasteiger charge is 2.22. The van der Waals surface area contributed by atoms with Crippen LogP contribution in [-0.2, 0) is 4.79 Å². The first kappa shape index (κ1) is 24.0. The number of pyridine rings is 1. The van der Waals surface area contributed by atoms with E-state index in [1.807, 2.05) is 44.2 Å². The van der Waals surface area contributed by atoms with Gasteiger partial charge in [-0.15, -0.1) is 0 Å². The second kappa shape index (κ2) is 9.59. The molecule has 1 unspecified atom stereocenters. The number of aromatic nitrogens is 3. The number of nitrogens with zero attached hydrogens (tertiary/aromatic N) is 4. The van der Waals surface area contributed by atoms with Crippen LogP contribution in [0.2, 0.25) is 0 Å². The standard InChI is InChI=1S/C28H29N5O2/c1-16(2)22-9-7-8-10-24(22)35-20(6)28(34)32-27-21(14-29)15-30-33(27)25-13-18(4)23-12-17(3)11-19(5)26(23)31-25/h7-13,15-16,20H,1-6H3,(H,32,34). The summed E-state index contributed by atoms with van der Waals surface area (Å²) in [5, 5.41) is 17.9. The number of amides is 1. The molecular weight excluding hydrogens is 438 g/mol. The smallest absolute Gasteiger partial charge is 0.266 e. The van der Waals surface area contributed by atoms with Gasteiger partial charge in [0, 0.05) is 5.39 Å². The van der Waals surface area contributed by atoms with Crippen LogP contribution in [0.5, 0.6) is 5.75 Å². The van der Waals surface area contributed by atoms with Crippen LogP contribution in [0.25, 0.3) is 16.7 Å². The molecule has 0 saturated heterocycles. The number of ether oxygens (including phenoxy) is 1. The molecule has 7 heteroatoms. The second-order valence-electron chi connectivity index (χ2n) is 9.15. The number of nitrogens with one attached hydrogen (secondary N) is 1. The molecule has 1 amide bonds. The van der Waals surface area contributed by atoms with Crippen molar-refractivity contribution in [2.24, 2.45) is 0 Å². The van der Waals surface area contributed by atoms with Gasteiger partial charge in [-0.3, -0.25) is 4.79 Å². The zero-order valence-electron chi connectivity index (χ0n) is 20.9. The monoisotopic (exact) mass is 467 g/mol. The molecule has 0 aliphatic carbocycles. The molecule has 2 aromatic carbocycles. The van der Waals surface area contributed by atoms with Gasteiger partial charge in [0.25, 0.3) is 5.91 Å². The Balaban J connectivity index is 1.67. The number of fused-ring (bicyclic) bond motifs is 1. The Morgan fingerprint density at radius 1 is 1.09 bits per heavy atom. The van der Waals surface area contributed by atoms with Crippen LogP contribution in [0.15, 0.2) is 48.7 Å². The second-order valence-corrected chi connectivity index (χ2v) is 9.15. The van der Waals surface area contributed by atoms with E-state index in [2.05, 4.69) is 49.4 Å². The fourth-order valence-corrected chi connectivity index (χ4v) is 4.19. The molecule has 2 heterocycles. The third kappa shape index (κ3) is 4.73. The fraction of sp³-hybridized carbons (Fsp3) is 0.286. The van der Waals surface area contributed by atoms with Gasteiger partial charge in [0.15, 0.2) is 17.7 Å². The highest BCUT2D eigenvalue weighted by Crippen LogP contribution is 2.28. The van der Waals surface area contributed by atoms with Crippen molar-refractivity contribution in [2.45, 2.75) is 53.6 Å². The molecule has 178 valence electrons. The van der Waals surface area contributed by atoms with Crippen molar-refractivity contribution >= 4 is 22.6 Å². The lowest BCUT2D eigenvalue weighted by Crippen LogP contribution is -2.31. The topological polar surface area (TPSA) is 92.8 Å². The highest BCUT2D eigenvalue weighted by molar-refractivity contribution is 5.95. The van der Waals surface area contributed by atoms with E-state index in [-0.39, 0.29) is 23.2 Å². The molecule has 0 bridgehead atoms. The molecule has 0 spiro atoms. The first-order valence-electron chi connectivity index (χ1n) is 11.6. The van der Waals surface area contributed by atoms with Gasteiger partial charge >= 0.3 is 0 Å². The number of nitriles is 1. The van der Waals surface area contributed by atoms with Gasteiger partial charge in [0.05, 0.1) is 11.7 Å². The lowest BCUT2D eigenvalue weighted by atomic mass is 10.0. The summed E-state index contributed by atoms with van der Waals surface area (Å²) < 4.78 is 7.50. The average molecular weight is 468 g/mol. The molecule has 0 aliphatic rings. The Bertz CT molecular complexity index is 1460. The first-order chi connectivity index (χ1) is 16.7. The molecule has 0 radical (unpaired) electrons. The number of aryl methyl sites for hydroxylation is 3. The Kier molecular flexibility index (Phi) is 6.57. The van der Waals surface area contributed by atoms with E-state index in [0.717, 1.165) is 27.6 Å². The fourth-order valence-electron chi connectivity index (χ4n) is 4.19. The van der Waals surface area contributed by atoms with Gasteiger partial charge in [-0.2, -0.15) is 15.0 Å². The van der Waals surface area contributed by atoms with E-state index in [1.165, 1.54) is 16.4 Å². The van der Waals surface area contributed by atoms with E-state index in [9.17, 15) is 10.1 Å². The molecule has 0 saturated carbocycles. The summed E-state index contributed by atoms with van der Waals surface area (Å²) in [6.45, 7) is 11.9. The minimum Gasteiger partial charge on any atom is -0.481 e. The Morgan fingerprint density at radius 3 is 2.54 bits per heavy atom. The molecular formula is C28H29N5O2. The maximum atomic E-state index is 13.1. The third-order valence-corrected chi connectivity index (χ3v) is 6.00. The predicted molar refractivity (Wildman–Crippen MR) is 137 cm³/mol. The summed E-state index contributed by atoms with van der Waals surface area (Å²) in [5.74, 6) is 1.32. The van der Waals surface area contributed by atoms with Crippen LogP contribution in [0, 0.1) is 32.1 Å². The van der Waals surface area contributed by atoms with Gasteiger partial charge in [0.2, 0.25) is 0 Å². The van der Waals surface area contributed by atoms with Crippen LogP contribution in [-0.4, -0.2) is 26.8 Å². The Labute approximate surface area is 205 Å². The summed E-state index contributed by atoms with van der Waals surface area (Å²) in [6.07, 6.45) is 0.639. The van der Waals surface area contributed by atoms with Gasteiger partial charge in [-0.05, 0) is 68.5 Å². The maximum absolute atomic E-state index is 13.1. The van der Waals surface area contributed by atoms with Crippen molar-refractivity contribution in [1.82, 2.24) is 14.8 Å². The van der Waals surface area contributed by atoms with E-state index in [4.69, 9.17) is 9.72 Å². The number of carbonyl (C=O) groups is 1. The summed E-state index contributed by atoms with van der Waals surface area (Å²) >= 11 is 0. The molecule has 0 fully saturated rings. The summed E-state index contributed by atoms with van der Waals surface area (Å²) in [5.41, 5.74) is 5.38. The van der Waals surface area contributed by atoms with E-state index in [1.54, 1.807) is 6.92 Å². The van der Waals surface area contributed by atoms with Crippen LogP contribution in [0.1, 0.15) is 54.5 Å². The Hall–Kier alpha value is -4.18. The number of benzene rings is 2. The number of para-hydroxylation sites is 1. The van der Waals surface area contributed by atoms with Crippen LogP contribution in [0.3, 0.4) is 0 Å². The van der Waals surface area contributed by atoms with E-state index < -0.39 is 6.10 Å². The van der Waals surface area contributed by atoms with Gasteiger partial charge < -0.3 is 10.1 Å². The summed E-state index contributed by atoms with van der Waals surface area (Å²) in [7, 11) is 0. The third-order valence-electron chi connectivity index (χ3n) is 6.00. The van der Waals surface area contributed by atoms with Crippen LogP contribution < -0.4 is 10.1 Å². The van der Waals surface area contributed by atoms with Gasteiger partial charge in [-0.1, -0.05) is 43.7 Å². The van der Waals surface area contributed by atoms with Gasteiger partial charge in [-0.25, -0.2) is 4.98 Å². The molecule has 1 N–H and O–H groups in total. The average Bonchev–Trinajstić information content (AvgIpc) is 3.22. The van der Waals surface area contributed by atoms with E-state index in [0.29, 0.717) is 11.6 Å². The van der Waals surface area contributed by atoms with Crippen molar-refractivity contribution in [2.75, 3.05) is 5.32 Å². The number of hydrogen-bond donors (Lipinski definition) is 1. The number of rotatable bonds is 6. The van der Waals surface area contributed by atoms with Gasteiger partial charge in [0.1, 0.15) is 17.4 Å². The van der Waals surface area contributed by atoms with Crippen molar-refractivity contribution in [3.63, 3.8) is 0 Å². The number of carbonyl (C=O) groups excluding carboxylic acids is 1. The van der Waals surface area contributed by atoms with Crippen molar-refractivity contribution < 1.29 is 9.53 Å². The highest BCUT2D eigenvalue weighted by atomic mass is 16.5. The molecule has 7 nitrogen and oxygen atoms in total. The zero-order chi connectivity index (χ0) is 25.3.